The monoisotopic (exact) mass is 460 g/mol. The molecule has 9 heteroatoms. The van der Waals surface area contributed by atoms with Crippen LogP contribution in [-0.4, -0.2) is 34.1 Å². The molecule has 1 atom stereocenters. The minimum Gasteiger partial charge on any atom is -0.406 e. The molecular formula is C24H27F3N4O2. The van der Waals surface area contributed by atoms with E-state index < -0.39 is 6.36 Å². The van der Waals surface area contributed by atoms with Crippen molar-refractivity contribution in [2.75, 3.05) is 17.2 Å². The van der Waals surface area contributed by atoms with Crippen LogP contribution in [0, 0.1) is 19.8 Å². The summed E-state index contributed by atoms with van der Waals surface area (Å²) in [6.45, 7) is 7.71. The fourth-order valence-electron chi connectivity index (χ4n) is 3.17. The molecule has 3 rings (SSSR count). The van der Waals surface area contributed by atoms with Crippen molar-refractivity contribution in [1.82, 2.24) is 9.97 Å². The summed E-state index contributed by atoms with van der Waals surface area (Å²) in [5, 5.41) is 16.1. The topological polar surface area (TPSA) is 79.3 Å². The molecule has 2 aromatic carbocycles. The number of nitrogens with one attached hydrogen (secondary N) is 2. The zero-order valence-corrected chi connectivity index (χ0v) is 18.9. The Morgan fingerprint density at radius 2 is 1.79 bits per heavy atom. The molecule has 0 fully saturated rings. The second-order valence-corrected chi connectivity index (χ2v) is 8.16. The lowest BCUT2D eigenvalue weighted by Gasteiger charge is -2.21. The van der Waals surface area contributed by atoms with Crippen molar-refractivity contribution < 1.29 is 23.0 Å². The van der Waals surface area contributed by atoms with Gasteiger partial charge in [-0.1, -0.05) is 38.1 Å². The van der Waals surface area contributed by atoms with Crippen molar-refractivity contribution in [3.8, 4) is 17.0 Å². The van der Waals surface area contributed by atoms with Gasteiger partial charge in [-0.3, -0.25) is 0 Å². The van der Waals surface area contributed by atoms with Gasteiger partial charge in [0.05, 0.1) is 18.3 Å². The van der Waals surface area contributed by atoms with Crippen LogP contribution < -0.4 is 15.4 Å². The van der Waals surface area contributed by atoms with Gasteiger partial charge in [-0.2, -0.15) is 4.98 Å². The van der Waals surface area contributed by atoms with Gasteiger partial charge in [0.2, 0.25) is 5.95 Å². The Morgan fingerprint density at radius 3 is 2.45 bits per heavy atom. The van der Waals surface area contributed by atoms with E-state index in [1.165, 1.54) is 18.2 Å². The van der Waals surface area contributed by atoms with Crippen molar-refractivity contribution in [2.45, 2.75) is 40.1 Å². The first-order valence-corrected chi connectivity index (χ1v) is 10.5. The fraction of sp³-hybridized carbons (Fsp3) is 0.333. The van der Waals surface area contributed by atoms with Gasteiger partial charge in [-0.25, -0.2) is 4.98 Å². The van der Waals surface area contributed by atoms with Crippen LogP contribution in [0.3, 0.4) is 0 Å². The average molecular weight is 461 g/mol. The number of aliphatic hydroxyl groups excluding tert-OH is 1. The van der Waals surface area contributed by atoms with E-state index in [-0.39, 0.29) is 30.3 Å². The lowest BCUT2D eigenvalue weighted by Crippen LogP contribution is -2.30. The maximum atomic E-state index is 12.7. The third-order valence-electron chi connectivity index (χ3n) is 5.06. The van der Waals surface area contributed by atoms with E-state index in [0.717, 1.165) is 16.8 Å². The molecule has 0 saturated carbocycles. The van der Waals surface area contributed by atoms with Crippen molar-refractivity contribution in [3.05, 3.63) is 59.7 Å². The summed E-state index contributed by atoms with van der Waals surface area (Å²) >= 11 is 0. The van der Waals surface area contributed by atoms with Gasteiger partial charge in [0.1, 0.15) is 11.6 Å². The maximum Gasteiger partial charge on any atom is 0.573 e. The molecule has 3 aromatic rings. The van der Waals surface area contributed by atoms with E-state index in [4.69, 9.17) is 0 Å². The van der Waals surface area contributed by atoms with Crippen LogP contribution in [0.5, 0.6) is 5.75 Å². The summed E-state index contributed by atoms with van der Waals surface area (Å²) in [6, 6.07) is 12.9. The van der Waals surface area contributed by atoms with Crippen molar-refractivity contribution >= 4 is 17.5 Å². The highest BCUT2D eigenvalue weighted by Crippen LogP contribution is 2.30. The van der Waals surface area contributed by atoms with Gasteiger partial charge >= 0.3 is 6.36 Å². The lowest BCUT2D eigenvalue weighted by atomic mass is 10.1. The highest BCUT2D eigenvalue weighted by atomic mass is 19.4. The number of rotatable bonds is 8. The first-order valence-electron chi connectivity index (χ1n) is 10.5. The van der Waals surface area contributed by atoms with Crippen molar-refractivity contribution in [3.63, 3.8) is 0 Å². The molecule has 0 bridgehead atoms. The van der Waals surface area contributed by atoms with Crippen LogP contribution >= 0.6 is 0 Å². The summed E-state index contributed by atoms with van der Waals surface area (Å²) < 4.78 is 42.1. The summed E-state index contributed by atoms with van der Waals surface area (Å²) in [7, 11) is 0. The zero-order chi connectivity index (χ0) is 24.2. The minimum atomic E-state index is -4.79. The molecule has 0 saturated heterocycles. The number of hydrogen-bond donors (Lipinski definition) is 3. The number of hydrogen-bond acceptors (Lipinski definition) is 6. The number of aromatic nitrogens is 2. The number of aliphatic hydroxyl groups is 1. The quantitative estimate of drug-likeness (QED) is 0.392. The molecular weight excluding hydrogens is 433 g/mol. The molecule has 6 nitrogen and oxygen atoms in total. The largest absolute Gasteiger partial charge is 0.573 e. The van der Waals surface area contributed by atoms with E-state index in [2.05, 4.69) is 25.3 Å². The number of aryl methyl sites for hydroxylation is 2. The molecule has 0 aliphatic heterocycles. The highest BCUT2D eigenvalue weighted by Gasteiger charge is 2.31. The van der Waals surface area contributed by atoms with Crippen molar-refractivity contribution in [2.24, 2.45) is 5.92 Å². The molecule has 0 aliphatic carbocycles. The second-order valence-electron chi connectivity index (χ2n) is 8.16. The molecule has 1 aromatic heterocycles. The van der Waals surface area contributed by atoms with E-state index in [9.17, 15) is 18.3 Å². The predicted molar refractivity (Wildman–Crippen MR) is 123 cm³/mol. The molecule has 1 heterocycles. The normalized spacial score (nSPS) is 12.5. The van der Waals surface area contributed by atoms with E-state index in [0.29, 0.717) is 17.1 Å². The number of ether oxygens (including phenoxy) is 1. The number of nitrogens with zero attached hydrogens (tertiary/aromatic N) is 2. The third kappa shape index (κ3) is 6.82. The summed E-state index contributed by atoms with van der Waals surface area (Å²) in [6.07, 6.45) is -4.79. The van der Waals surface area contributed by atoms with Crippen LogP contribution in [0.1, 0.15) is 25.0 Å². The molecule has 0 aliphatic rings. The van der Waals surface area contributed by atoms with E-state index in [1.54, 1.807) is 12.1 Å². The standard InChI is InChI=1S/C24H27F3N4O2/c1-14(2)21(13-32)30-23-29-20(17-6-5-7-18(11-17)33-24(25,26)27)12-22(31-23)28-19-10-15(3)8-9-16(19)4/h5-12,14,21,32H,13H2,1-4H3,(H2,28,29,30,31)/t21-/m1/s1. The molecule has 0 amide bonds. The van der Waals surface area contributed by atoms with Crippen LogP contribution in [0.15, 0.2) is 48.5 Å². The Bertz CT molecular complexity index is 1100. The Labute approximate surface area is 190 Å². The van der Waals surface area contributed by atoms with E-state index in [1.807, 2.05) is 45.9 Å². The van der Waals surface area contributed by atoms with Gasteiger partial charge in [0.15, 0.2) is 0 Å². The summed E-state index contributed by atoms with van der Waals surface area (Å²) in [5.41, 5.74) is 3.74. The molecule has 0 unspecified atom stereocenters. The number of benzene rings is 2. The van der Waals surface area contributed by atoms with Crippen LogP contribution in [0.2, 0.25) is 0 Å². The summed E-state index contributed by atoms with van der Waals surface area (Å²) in [4.78, 5) is 9.00. The van der Waals surface area contributed by atoms with Gasteiger partial charge in [-0.15, -0.1) is 13.2 Å². The average Bonchev–Trinajstić information content (AvgIpc) is 2.73. The lowest BCUT2D eigenvalue weighted by molar-refractivity contribution is -0.274. The maximum absolute atomic E-state index is 12.7. The Balaban J connectivity index is 2.03. The number of halogens is 3. The summed E-state index contributed by atoms with van der Waals surface area (Å²) in [5.74, 6) is 0.461. The number of alkyl halides is 3. The molecule has 176 valence electrons. The van der Waals surface area contributed by atoms with Crippen LogP contribution in [-0.2, 0) is 0 Å². The highest BCUT2D eigenvalue weighted by molar-refractivity contribution is 5.69. The third-order valence-corrected chi connectivity index (χ3v) is 5.06. The van der Waals surface area contributed by atoms with Crippen LogP contribution in [0.25, 0.3) is 11.3 Å². The molecule has 0 radical (unpaired) electrons. The fourth-order valence-corrected chi connectivity index (χ4v) is 3.17. The smallest absolute Gasteiger partial charge is 0.406 e. The first kappa shape index (κ1) is 24.3. The SMILES string of the molecule is Cc1ccc(C)c(Nc2cc(-c3cccc(OC(F)(F)F)c3)nc(N[C@H](CO)C(C)C)n2)c1. The molecule has 3 N–H and O–H groups in total. The second kappa shape index (κ2) is 10.1. The Hall–Kier alpha value is -3.33. The zero-order valence-electron chi connectivity index (χ0n) is 18.9. The van der Waals surface area contributed by atoms with E-state index >= 15 is 0 Å². The Morgan fingerprint density at radius 1 is 1.03 bits per heavy atom. The first-order chi connectivity index (χ1) is 15.5. The predicted octanol–water partition coefficient (Wildman–Crippen LogP) is 5.83. The minimum absolute atomic E-state index is 0.0983. The molecule has 33 heavy (non-hydrogen) atoms. The Kier molecular flexibility index (Phi) is 7.43. The van der Waals surface area contributed by atoms with Gasteiger partial charge < -0.3 is 20.5 Å². The van der Waals surface area contributed by atoms with Crippen LogP contribution in [0.4, 0.5) is 30.6 Å². The van der Waals surface area contributed by atoms with Gasteiger partial charge in [0.25, 0.3) is 0 Å². The molecule has 0 spiro atoms. The van der Waals surface area contributed by atoms with Gasteiger partial charge in [0, 0.05) is 17.3 Å². The van der Waals surface area contributed by atoms with Gasteiger partial charge in [-0.05, 0) is 49.1 Å². The number of anilines is 3. The van der Waals surface area contributed by atoms with Crippen molar-refractivity contribution in [1.29, 1.82) is 0 Å².